The summed E-state index contributed by atoms with van der Waals surface area (Å²) >= 11 is 0. The van der Waals surface area contributed by atoms with Crippen molar-refractivity contribution in [3.63, 3.8) is 0 Å². The van der Waals surface area contributed by atoms with Gasteiger partial charge in [0.2, 0.25) is 0 Å². The number of benzene rings is 1. The molecule has 0 N–H and O–H groups in total. The number of hydrogen-bond acceptors (Lipinski definition) is 4. The van der Waals surface area contributed by atoms with E-state index in [4.69, 9.17) is 5.26 Å². The van der Waals surface area contributed by atoms with E-state index in [1.165, 1.54) is 6.07 Å². The average Bonchev–Trinajstić information content (AvgIpc) is 2.77. The molecule has 0 fully saturated rings. The first-order chi connectivity index (χ1) is 10.0. The zero-order valence-electron chi connectivity index (χ0n) is 10.2. The second kappa shape index (κ2) is 4.90. The van der Waals surface area contributed by atoms with Crippen molar-refractivity contribution in [3.8, 4) is 17.3 Å². The number of nitrogens with zero attached hydrogens (tertiary/aromatic N) is 3. The van der Waals surface area contributed by atoms with Crippen molar-refractivity contribution < 1.29 is 35.9 Å². The zero-order valence-corrected chi connectivity index (χ0v) is 10.2. The summed E-state index contributed by atoms with van der Waals surface area (Å²) in [5.41, 5.74) is -5.47. The summed E-state index contributed by atoms with van der Waals surface area (Å²) in [5, 5.41) is 22.7. The predicted octanol–water partition coefficient (Wildman–Crippen LogP) is 2.88. The highest BCUT2D eigenvalue weighted by Crippen LogP contribution is 2.38. The van der Waals surface area contributed by atoms with Crippen molar-refractivity contribution in [2.24, 2.45) is 0 Å². The first-order valence-electron chi connectivity index (χ1n) is 5.33. The number of halogens is 6. The quantitative estimate of drug-likeness (QED) is 0.597. The van der Waals surface area contributed by atoms with Crippen LogP contribution in [0.1, 0.15) is 16.8 Å². The largest absolute Gasteiger partial charge is 0.416 e. The van der Waals surface area contributed by atoms with Crippen molar-refractivity contribution in [1.29, 1.82) is 5.26 Å². The molecule has 0 unspecified atom stereocenters. The summed E-state index contributed by atoms with van der Waals surface area (Å²) < 4.78 is 80.2. The maximum atomic E-state index is 12.7. The van der Waals surface area contributed by atoms with Crippen molar-refractivity contribution >= 4 is 0 Å². The molecule has 1 heterocycles. The third-order valence-corrected chi connectivity index (χ3v) is 2.58. The van der Waals surface area contributed by atoms with Crippen LogP contribution in [0.25, 0.3) is 11.3 Å². The van der Waals surface area contributed by atoms with Crippen LogP contribution >= 0.6 is 0 Å². The summed E-state index contributed by atoms with van der Waals surface area (Å²) in [7, 11) is 0. The second-order valence-electron chi connectivity index (χ2n) is 4.03. The van der Waals surface area contributed by atoms with E-state index < -0.39 is 45.3 Å². The molecule has 0 spiro atoms. The second-order valence-corrected chi connectivity index (χ2v) is 4.03. The van der Waals surface area contributed by atoms with E-state index in [9.17, 15) is 31.5 Å². The Morgan fingerprint density at radius 3 is 1.95 bits per heavy atom. The van der Waals surface area contributed by atoms with Crippen molar-refractivity contribution in [3.05, 3.63) is 40.2 Å². The van der Waals surface area contributed by atoms with Gasteiger partial charge in [-0.3, -0.25) is 4.63 Å². The number of rotatable bonds is 1. The van der Waals surface area contributed by atoms with Crippen LogP contribution in [0, 0.1) is 16.5 Å². The molecular formula is C11H3F6N3O2. The molecule has 0 radical (unpaired) electrons. The lowest BCUT2D eigenvalue weighted by molar-refractivity contribution is -0.804. The van der Waals surface area contributed by atoms with Gasteiger partial charge in [0, 0.05) is 10.7 Å². The van der Waals surface area contributed by atoms with Crippen LogP contribution in [0.2, 0.25) is 0 Å². The molecule has 0 atom stereocenters. The Kier molecular flexibility index (Phi) is 3.48. The van der Waals surface area contributed by atoms with Crippen LogP contribution in [0.4, 0.5) is 26.3 Å². The number of aromatic nitrogens is 2. The van der Waals surface area contributed by atoms with E-state index in [1.807, 2.05) is 0 Å². The van der Waals surface area contributed by atoms with Crippen molar-refractivity contribution in [2.75, 3.05) is 0 Å². The van der Waals surface area contributed by atoms with Gasteiger partial charge in [0.1, 0.15) is 0 Å². The van der Waals surface area contributed by atoms with E-state index >= 15 is 0 Å². The van der Waals surface area contributed by atoms with Crippen LogP contribution in [0.3, 0.4) is 0 Å². The lowest BCUT2D eigenvalue weighted by Gasteiger charge is -2.12. The smallest absolute Gasteiger partial charge is 0.358 e. The Morgan fingerprint density at radius 2 is 1.55 bits per heavy atom. The summed E-state index contributed by atoms with van der Waals surface area (Å²) in [6.07, 6.45) is -10.1. The molecule has 2 rings (SSSR count). The van der Waals surface area contributed by atoms with Gasteiger partial charge in [-0.25, -0.2) is 0 Å². The standard InChI is InChI=1S/C11H3F6N3O2/c12-10(13,14)6-1-5(2-7(3-6)11(15,16)17)9-8(4-18)20(21)22-19-9/h1-3H. The summed E-state index contributed by atoms with van der Waals surface area (Å²) in [5.74, 6) is 0. The predicted molar refractivity (Wildman–Crippen MR) is 55.6 cm³/mol. The van der Waals surface area contributed by atoms with Crippen LogP contribution in [0.5, 0.6) is 0 Å². The van der Waals surface area contributed by atoms with Gasteiger partial charge in [-0.1, -0.05) is 0 Å². The molecule has 0 bridgehead atoms. The lowest BCUT2D eigenvalue weighted by Crippen LogP contribution is -2.26. The highest BCUT2D eigenvalue weighted by Gasteiger charge is 2.38. The third kappa shape index (κ3) is 2.80. The molecule has 116 valence electrons. The minimum atomic E-state index is -5.06. The van der Waals surface area contributed by atoms with Gasteiger partial charge in [-0.2, -0.15) is 31.6 Å². The van der Waals surface area contributed by atoms with E-state index in [0.29, 0.717) is 12.1 Å². The molecule has 0 saturated carbocycles. The van der Waals surface area contributed by atoms with Gasteiger partial charge in [-0.05, 0) is 23.1 Å². The van der Waals surface area contributed by atoms with E-state index in [0.717, 1.165) is 0 Å². The molecule has 0 aliphatic heterocycles. The minimum absolute atomic E-state index is 0.0825. The third-order valence-electron chi connectivity index (χ3n) is 2.58. The van der Waals surface area contributed by atoms with Gasteiger partial charge in [0.05, 0.1) is 11.1 Å². The fourth-order valence-electron chi connectivity index (χ4n) is 1.62. The fourth-order valence-corrected chi connectivity index (χ4v) is 1.62. The number of alkyl halides is 6. The summed E-state index contributed by atoms with van der Waals surface area (Å²) in [6.45, 7) is 0. The summed E-state index contributed by atoms with van der Waals surface area (Å²) in [6, 6.07) is 1.89. The van der Waals surface area contributed by atoms with Crippen molar-refractivity contribution in [2.45, 2.75) is 12.4 Å². The van der Waals surface area contributed by atoms with E-state index in [2.05, 4.69) is 9.79 Å². The maximum absolute atomic E-state index is 12.7. The van der Waals surface area contributed by atoms with Crippen LogP contribution in [-0.2, 0) is 12.4 Å². The molecule has 5 nitrogen and oxygen atoms in total. The highest BCUT2D eigenvalue weighted by molar-refractivity contribution is 5.65. The van der Waals surface area contributed by atoms with Gasteiger partial charge in [-0.15, -0.1) is 0 Å². The summed E-state index contributed by atoms with van der Waals surface area (Å²) in [4.78, 5) is -0.414. The maximum Gasteiger partial charge on any atom is 0.416 e. The normalized spacial score (nSPS) is 12.2. The highest BCUT2D eigenvalue weighted by atomic mass is 19.4. The topological polar surface area (TPSA) is 76.8 Å². The molecule has 0 amide bonds. The molecular weight excluding hydrogens is 320 g/mol. The Morgan fingerprint density at radius 1 is 1.05 bits per heavy atom. The first kappa shape index (κ1) is 15.6. The molecule has 1 aromatic heterocycles. The zero-order chi connectivity index (χ0) is 16.7. The molecule has 22 heavy (non-hydrogen) atoms. The average molecular weight is 323 g/mol. The number of hydrogen-bond donors (Lipinski definition) is 0. The SMILES string of the molecule is N#Cc1c(-c2cc(C(F)(F)F)cc(C(F)(F)F)c2)no[n+]1[O-]. The molecule has 2 aromatic rings. The Balaban J connectivity index is 2.74. The molecule has 0 aliphatic rings. The molecule has 11 heteroatoms. The Labute approximate surface area is 117 Å². The minimum Gasteiger partial charge on any atom is -0.358 e. The fraction of sp³-hybridized carbons (Fsp3) is 0.182. The molecule has 1 aromatic carbocycles. The monoisotopic (exact) mass is 323 g/mol. The van der Waals surface area contributed by atoms with Gasteiger partial charge >= 0.3 is 18.0 Å². The van der Waals surface area contributed by atoms with Crippen molar-refractivity contribution in [1.82, 2.24) is 5.16 Å². The Bertz CT molecular complexity index is 724. The van der Waals surface area contributed by atoms with E-state index in [-0.39, 0.29) is 6.07 Å². The van der Waals surface area contributed by atoms with E-state index in [1.54, 1.807) is 0 Å². The van der Waals surface area contributed by atoms with Crippen LogP contribution < -0.4 is 4.90 Å². The first-order valence-corrected chi connectivity index (χ1v) is 5.33. The van der Waals surface area contributed by atoms with Gasteiger partial charge < -0.3 is 5.21 Å². The van der Waals surface area contributed by atoms with Gasteiger partial charge in [0.15, 0.2) is 6.07 Å². The Hall–Kier alpha value is -2.77. The number of nitriles is 1. The molecule has 0 aliphatic carbocycles. The lowest BCUT2D eigenvalue weighted by atomic mass is 10.0. The van der Waals surface area contributed by atoms with Crippen LogP contribution in [0.15, 0.2) is 22.8 Å². The van der Waals surface area contributed by atoms with Gasteiger partial charge in [0.25, 0.3) is 5.69 Å². The van der Waals surface area contributed by atoms with Crippen LogP contribution in [-0.4, -0.2) is 5.16 Å². The molecule has 0 saturated heterocycles.